The number of allylic oxidation sites excluding steroid dienone is 4. The number of nitrogens with zero attached hydrogens (tertiary/aromatic N) is 4. The van der Waals surface area contributed by atoms with Crippen LogP contribution in [0.4, 0.5) is 0 Å². The third-order valence-electron chi connectivity index (χ3n) is 9.69. The maximum atomic E-state index is 12.0. The zero-order valence-corrected chi connectivity index (χ0v) is 26.3. The predicted molar refractivity (Wildman–Crippen MR) is 173 cm³/mol. The standard InChI is InChI=1S/C34H43N5O2S/c1-7-10-25(18-36-3)28-19-37-33(24-12-9-11-23(15-24)22(8-2)20-39(4)5)38-32(28)31(35)17-27-29-13-14-34(29)26(16-30(27)34)21-42(6,40)41/h8-12,15,18-20,26-27,29-30,35H,2,7,13-14,16-17,21H2,1,3-6H3/b22-20+,25-10+,35-31?,36-18-. The van der Waals surface area contributed by atoms with Crippen molar-refractivity contribution in [3.8, 4) is 11.4 Å². The van der Waals surface area contributed by atoms with Crippen LogP contribution in [0, 0.1) is 34.5 Å². The Hall–Kier alpha value is -3.39. The lowest BCUT2D eigenvalue weighted by Crippen LogP contribution is -2.74. The molecule has 8 heteroatoms. The van der Waals surface area contributed by atoms with Crippen molar-refractivity contribution in [2.75, 3.05) is 33.2 Å². The van der Waals surface area contributed by atoms with Crippen molar-refractivity contribution in [3.05, 3.63) is 72.2 Å². The third kappa shape index (κ3) is 5.41. The van der Waals surface area contributed by atoms with Gasteiger partial charge in [0.15, 0.2) is 5.82 Å². The van der Waals surface area contributed by atoms with E-state index in [1.165, 1.54) is 6.26 Å². The van der Waals surface area contributed by atoms with Crippen LogP contribution < -0.4 is 0 Å². The maximum absolute atomic E-state index is 12.0. The van der Waals surface area contributed by atoms with Crippen molar-refractivity contribution in [2.24, 2.45) is 34.1 Å². The van der Waals surface area contributed by atoms with Crippen molar-refractivity contribution in [1.29, 1.82) is 5.41 Å². The molecule has 1 spiro atoms. The van der Waals surface area contributed by atoms with Crippen LogP contribution in [-0.4, -0.2) is 68.4 Å². The normalized spacial score (nSPS) is 26.9. The van der Waals surface area contributed by atoms with Gasteiger partial charge in [0.1, 0.15) is 9.84 Å². The number of benzene rings is 1. The molecule has 42 heavy (non-hydrogen) atoms. The second-order valence-electron chi connectivity index (χ2n) is 12.5. The first-order valence-corrected chi connectivity index (χ1v) is 16.9. The van der Waals surface area contributed by atoms with Crippen molar-refractivity contribution in [2.45, 2.75) is 39.0 Å². The first kappa shape index (κ1) is 30.1. The highest BCUT2D eigenvalue weighted by atomic mass is 32.2. The van der Waals surface area contributed by atoms with Crippen LogP contribution in [0.1, 0.15) is 55.8 Å². The van der Waals surface area contributed by atoms with Crippen LogP contribution in [-0.2, 0) is 9.84 Å². The number of nitrogens with one attached hydrogen (secondary N) is 1. The van der Waals surface area contributed by atoms with Gasteiger partial charge in [-0.05, 0) is 84.0 Å². The maximum Gasteiger partial charge on any atom is 0.159 e. The van der Waals surface area contributed by atoms with E-state index in [1.54, 1.807) is 7.05 Å². The Kier molecular flexibility index (Phi) is 8.39. The molecule has 0 aliphatic heterocycles. The average molecular weight is 586 g/mol. The molecule has 3 saturated carbocycles. The van der Waals surface area contributed by atoms with E-state index < -0.39 is 9.84 Å². The molecule has 0 saturated heterocycles. The molecule has 1 heterocycles. The molecule has 3 fully saturated rings. The summed E-state index contributed by atoms with van der Waals surface area (Å²) in [5.74, 6) is 2.64. The molecule has 1 aromatic carbocycles. The second-order valence-corrected chi connectivity index (χ2v) is 14.7. The lowest BCUT2D eigenvalue weighted by atomic mass is 9.26. The summed E-state index contributed by atoms with van der Waals surface area (Å²) in [6.07, 6.45) is 15.7. The van der Waals surface area contributed by atoms with Crippen molar-refractivity contribution in [1.82, 2.24) is 14.9 Å². The molecule has 0 amide bonds. The van der Waals surface area contributed by atoms with Crippen LogP contribution in [0.5, 0.6) is 0 Å². The van der Waals surface area contributed by atoms with Crippen molar-refractivity contribution >= 4 is 32.9 Å². The Labute approximate surface area is 251 Å². The molecule has 0 bridgehead atoms. The molecule has 5 atom stereocenters. The Morgan fingerprint density at radius 1 is 1.26 bits per heavy atom. The van der Waals surface area contributed by atoms with Crippen LogP contribution in [0.15, 0.2) is 60.4 Å². The molecule has 3 aliphatic rings. The fourth-order valence-corrected chi connectivity index (χ4v) is 9.14. The van der Waals surface area contributed by atoms with Crippen LogP contribution >= 0.6 is 0 Å². The highest BCUT2D eigenvalue weighted by Crippen LogP contribution is 2.80. The molecule has 5 rings (SSSR count). The summed E-state index contributed by atoms with van der Waals surface area (Å²) in [7, 11) is 2.74. The van der Waals surface area contributed by atoms with Crippen LogP contribution in [0.3, 0.4) is 0 Å². The van der Waals surface area contributed by atoms with Gasteiger partial charge in [-0.2, -0.15) is 0 Å². The predicted octanol–water partition coefficient (Wildman–Crippen LogP) is 6.19. The summed E-state index contributed by atoms with van der Waals surface area (Å²) in [5, 5.41) is 9.34. The highest BCUT2D eigenvalue weighted by Gasteiger charge is 2.75. The first-order valence-electron chi connectivity index (χ1n) is 14.9. The Balaban J connectivity index is 1.47. The van der Waals surface area contributed by atoms with E-state index in [4.69, 9.17) is 9.97 Å². The lowest BCUT2D eigenvalue weighted by Gasteiger charge is -2.79. The number of hydrogen-bond donors (Lipinski definition) is 1. The summed E-state index contributed by atoms with van der Waals surface area (Å²) in [5.41, 5.74) is 6.04. The van der Waals surface area contributed by atoms with Gasteiger partial charge in [-0.25, -0.2) is 18.4 Å². The number of sulfone groups is 1. The average Bonchev–Trinajstić information content (AvgIpc) is 2.92. The summed E-state index contributed by atoms with van der Waals surface area (Å²) < 4.78 is 24.1. The zero-order chi connectivity index (χ0) is 30.2. The molecular weight excluding hydrogens is 542 g/mol. The second kappa shape index (κ2) is 11.7. The van der Waals surface area contributed by atoms with Gasteiger partial charge in [0.05, 0.1) is 17.2 Å². The summed E-state index contributed by atoms with van der Waals surface area (Å²) in [6.45, 7) is 6.07. The number of aromatic nitrogens is 2. The van der Waals surface area contributed by atoms with Crippen molar-refractivity contribution in [3.63, 3.8) is 0 Å². The van der Waals surface area contributed by atoms with Crippen molar-refractivity contribution < 1.29 is 8.42 Å². The van der Waals surface area contributed by atoms with Gasteiger partial charge in [-0.1, -0.05) is 43.9 Å². The van der Waals surface area contributed by atoms with Crippen LogP contribution in [0.25, 0.3) is 22.5 Å². The molecule has 1 aromatic heterocycles. The monoisotopic (exact) mass is 585 g/mol. The van der Waals surface area contributed by atoms with Gasteiger partial charge < -0.3 is 10.3 Å². The van der Waals surface area contributed by atoms with Crippen LogP contribution in [0.2, 0.25) is 0 Å². The largest absolute Gasteiger partial charge is 0.383 e. The van der Waals surface area contributed by atoms with Gasteiger partial charge in [-0.15, -0.1) is 0 Å². The van der Waals surface area contributed by atoms with Gasteiger partial charge in [-0.3, -0.25) is 4.99 Å². The molecule has 7 nitrogen and oxygen atoms in total. The first-order chi connectivity index (χ1) is 20.0. The lowest BCUT2D eigenvalue weighted by molar-refractivity contribution is -0.300. The highest BCUT2D eigenvalue weighted by molar-refractivity contribution is 7.90. The number of rotatable bonds is 12. The molecule has 0 radical (unpaired) electrons. The molecule has 5 unspecified atom stereocenters. The van der Waals surface area contributed by atoms with E-state index in [9.17, 15) is 13.8 Å². The van der Waals surface area contributed by atoms with E-state index in [-0.39, 0.29) is 11.3 Å². The minimum atomic E-state index is -2.98. The van der Waals surface area contributed by atoms with E-state index >= 15 is 0 Å². The van der Waals surface area contributed by atoms with Gasteiger partial charge in [0.2, 0.25) is 0 Å². The minimum Gasteiger partial charge on any atom is -0.383 e. The number of hydrogen-bond acceptors (Lipinski definition) is 7. The fourth-order valence-electron chi connectivity index (χ4n) is 7.97. The zero-order valence-electron chi connectivity index (χ0n) is 25.5. The Morgan fingerprint density at radius 3 is 2.64 bits per heavy atom. The summed E-state index contributed by atoms with van der Waals surface area (Å²) in [6, 6.07) is 8.12. The minimum absolute atomic E-state index is 0.208. The third-order valence-corrected chi connectivity index (χ3v) is 10.7. The van der Waals surface area contributed by atoms with E-state index in [1.807, 2.05) is 55.8 Å². The van der Waals surface area contributed by atoms with E-state index in [2.05, 4.69) is 36.7 Å². The SMILES string of the molecule is C=C/C(=C\N(C)C)c1cccc(-c2ncc(C(/C=N\C)=C/CC)c(C(=N)CC3C4CCC45C(CS(C)(=O)=O)CC35)n2)c1. The smallest absolute Gasteiger partial charge is 0.159 e. The van der Waals surface area contributed by atoms with E-state index in [0.717, 1.165) is 53.5 Å². The quantitative estimate of drug-likeness (QED) is 0.237. The Morgan fingerprint density at radius 2 is 2.05 bits per heavy atom. The van der Waals surface area contributed by atoms with Gasteiger partial charge >= 0.3 is 0 Å². The summed E-state index contributed by atoms with van der Waals surface area (Å²) in [4.78, 5) is 16.1. The van der Waals surface area contributed by atoms with Gasteiger partial charge in [0, 0.05) is 57.1 Å². The molecule has 3 aliphatic carbocycles. The number of aliphatic imine (C=N–C) groups is 1. The Bertz CT molecular complexity index is 1580. The molecule has 2 aromatic rings. The van der Waals surface area contributed by atoms with E-state index in [0.29, 0.717) is 47.2 Å². The molecule has 1 N–H and O–H groups in total. The van der Waals surface area contributed by atoms with Gasteiger partial charge in [0.25, 0.3) is 0 Å². The summed E-state index contributed by atoms with van der Waals surface area (Å²) >= 11 is 0. The molecular formula is C34H43N5O2S. The molecule has 222 valence electrons. The topological polar surface area (TPSA) is 99.4 Å². The fraction of sp³-hybridized carbons (Fsp3) is 0.471.